The van der Waals surface area contributed by atoms with Crippen molar-refractivity contribution in [2.75, 3.05) is 26.8 Å². The summed E-state index contributed by atoms with van der Waals surface area (Å²) in [6, 6.07) is 0.631. The van der Waals surface area contributed by atoms with Crippen LogP contribution in [0.4, 0.5) is 0 Å². The average Bonchev–Trinajstić information content (AvgIpc) is 2.94. The summed E-state index contributed by atoms with van der Waals surface area (Å²) in [5, 5.41) is 0. The first-order valence-corrected chi connectivity index (χ1v) is 4.96. The van der Waals surface area contributed by atoms with Crippen molar-refractivity contribution in [3.8, 4) is 12.3 Å². The Morgan fingerprint density at radius 1 is 1.62 bits per heavy atom. The van der Waals surface area contributed by atoms with E-state index in [1.165, 1.54) is 12.8 Å². The minimum absolute atomic E-state index is 0.631. The summed E-state index contributed by atoms with van der Waals surface area (Å²) in [6.45, 7) is 4.75. The highest BCUT2D eigenvalue weighted by Gasteiger charge is 2.31. The SMILES string of the molecule is C#CCN(CCOC)C(C)C1CC1. The Kier molecular flexibility index (Phi) is 4.27. The molecule has 1 atom stereocenters. The van der Waals surface area contributed by atoms with E-state index in [1.54, 1.807) is 7.11 Å². The van der Waals surface area contributed by atoms with Crippen molar-refractivity contribution in [3.63, 3.8) is 0 Å². The molecule has 0 N–H and O–H groups in total. The van der Waals surface area contributed by atoms with Crippen LogP contribution in [0.3, 0.4) is 0 Å². The Balaban J connectivity index is 2.31. The molecule has 2 heteroatoms. The van der Waals surface area contributed by atoms with Crippen LogP contribution in [0.5, 0.6) is 0 Å². The fraction of sp³-hybridized carbons (Fsp3) is 0.818. The number of hydrogen-bond donors (Lipinski definition) is 0. The monoisotopic (exact) mass is 181 g/mol. The van der Waals surface area contributed by atoms with Gasteiger partial charge in [0.1, 0.15) is 0 Å². The lowest BCUT2D eigenvalue weighted by Crippen LogP contribution is -2.37. The van der Waals surface area contributed by atoms with Crippen molar-refractivity contribution in [1.29, 1.82) is 0 Å². The molecule has 1 aliphatic carbocycles. The molecule has 1 fully saturated rings. The van der Waals surface area contributed by atoms with E-state index in [0.717, 1.165) is 25.6 Å². The van der Waals surface area contributed by atoms with E-state index >= 15 is 0 Å². The van der Waals surface area contributed by atoms with Crippen LogP contribution in [-0.4, -0.2) is 37.7 Å². The minimum atomic E-state index is 0.631. The van der Waals surface area contributed by atoms with E-state index in [4.69, 9.17) is 11.2 Å². The average molecular weight is 181 g/mol. The maximum absolute atomic E-state index is 5.33. The van der Waals surface area contributed by atoms with Crippen LogP contribution in [0.25, 0.3) is 0 Å². The maximum atomic E-state index is 5.33. The highest BCUT2D eigenvalue weighted by molar-refractivity contribution is 4.93. The van der Waals surface area contributed by atoms with Crippen molar-refractivity contribution >= 4 is 0 Å². The molecule has 0 aromatic carbocycles. The Bertz CT molecular complexity index is 181. The third-order valence-electron chi connectivity index (χ3n) is 2.76. The maximum Gasteiger partial charge on any atom is 0.0602 e. The van der Waals surface area contributed by atoms with E-state index in [0.29, 0.717) is 6.04 Å². The zero-order chi connectivity index (χ0) is 9.68. The van der Waals surface area contributed by atoms with Crippen molar-refractivity contribution in [1.82, 2.24) is 4.90 Å². The molecule has 1 saturated carbocycles. The molecular formula is C11H19NO. The second-order valence-corrected chi connectivity index (χ2v) is 3.75. The van der Waals surface area contributed by atoms with E-state index < -0.39 is 0 Å². The summed E-state index contributed by atoms with van der Waals surface area (Å²) in [4.78, 5) is 2.33. The standard InChI is InChI=1S/C11H19NO/c1-4-7-12(8-9-13-3)10(2)11-5-6-11/h1,10-11H,5-9H2,2-3H3. The Morgan fingerprint density at radius 2 is 2.31 bits per heavy atom. The normalized spacial score (nSPS) is 18.6. The fourth-order valence-corrected chi connectivity index (χ4v) is 1.63. The molecule has 74 valence electrons. The molecule has 0 aromatic heterocycles. The van der Waals surface area contributed by atoms with Crippen molar-refractivity contribution < 1.29 is 4.74 Å². The molecule has 0 radical (unpaired) electrons. The summed E-state index contributed by atoms with van der Waals surface area (Å²) in [5.74, 6) is 3.59. The molecule has 1 rings (SSSR count). The van der Waals surface area contributed by atoms with Crippen LogP contribution in [0, 0.1) is 18.3 Å². The van der Waals surface area contributed by atoms with Crippen LogP contribution >= 0.6 is 0 Å². The highest BCUT2D eigenvalue weighted by Crippen LogP contribution is 2.34. The fourth-order valence-electron chi connectivity index (χ4n) is 1.63. The van der Waals surface area contributed by atoms with Crippen LogP contribution in [-0.2, 0) is 4.74 Å². The van der Waals surface area contributed by atoms with Gasteiger partial charge in [0.15, 0.2) is 0 Å². The number of rotatable bonds is 6. The van der Waals surface area contributed by atoms with Gasteiger partial charge in [-0.1, -0.05) is 5.92 Å². The lowest BCUT2D eigenvalue weighted by molar-refractivity contribution is 0.127. The van der Waals surface area contributed by atoms with Crippen molar-refractivity contribution in [3.05, 3.63) is 0 Å². The second kappa shape index (κ2) is 5.26. The topological polar surface area (TPSA) is 12.5 Å². The molecule has 0 aromatic rings. The Labute approximate surface area is 81.3 Å². The third kappa shape index (κ3) is 3.38. The first kappa shape index (κ1) is 10.6. The van der Waals surface area contributed by atoms with Gasteiger partial charge in [-0.15, -0.1) is 6.42 Å². The predicted octanol–water partition coefficient (Wildman–Crippen LogP) is 1.37. The first-order valence-electron chi connectivity index (χ1n) is 4.96. The molecular weight excluding hydrogens is 162 g/mol. The lowest BCUT2D eigenvalue weighted by atomic mass is 10.2. The molecule has 13 heavy (non-hydrogen) atoms. The Hall–Kier alpha value is -0.520. The number of nitrogens with zero attached hydrogens (tertiary/aromatic N) is 1. The van der Waals surface area contributed by atoms with E-state index in [9.17, 15) is 0 Å². The van der Waals surface area contributed by atoms with E-state index in [2.05, 4.69) is 17.7 Å². The van der Waals surface area contributed by atoms with E-state index in [1.807, 2.05) is 0 Å². The molecule has 1 aliphatic rings. The van der Waals surface area contributed by atoms with Gasteiger partial charge in [-0.3, -0.25) is 4.90 Å². The predicted molar refractivity (Wildman–Crippen MR) is 54.5 cm³/mol. The van der Waals surface area contributed by atoms with Crippen LogP contribution < -0.4 is 0 Å². The molecule has 0 bridgehead atoms. The minimum Gasteiger partial charge on any atom is -0.383 e. The van der Waals surface area contributed by atoms with E-state index in [-0.39, 0.29) is 0 Å². The quantitative estimate of drug-likeness (QED) is 0.574. The zero-order valence-electron chi connectivity index (χ0n) is 8.62. The lowest BCUT2D eigenvalue weighted by Gasteiger charge is -2.26. The molecule has 0 spiro atoms. The Morgan fingerprint density at radius 3 is 2.77 bits per heavy atom. The van der Waals surface area contributed by atoms with Gasteiger partial charge < -0.3 is 4.74 Å². The van der Waals surface area contributed by atoms with Crippen molar-refractivity contribution in [2.45, 2.75) is 25.8 Å². The summed E-state index contributed by atoms with van der Waals surface area (Å²) in [7, 11) is 1.73. The van der Waals surface area contributed by atoms with Gasteiger partial charge in [0.25, 0.3) is 0 Å². The second-order valence-electron chi connectivity index (χ2n) is 3.75. The van der Waals surface area contributed by atoms with Gasteiger partial charge in [0, 0.05) is 19.7 Å². The summed E-state index contributed by atoms with van der Waals surface area (Å²) < 4.78 is 5.06. The first-order chi connectivity index (χ1) is 6.29. The molecule has 0 heterocycles. The molecule has 2 nitrogen and oxygen atoms in total. The highest BCUT2D eigenvalue weighted by atomic mass is 16.5. The van der Waals surface area contributed by atoms with Crippen LogP contribution in [0.2, 0.25) is 0 Å². The van der Waals surface area contributed by atoms with Gasteiger partial charge in [0.05, 0.1) is 13.2 Å². The summed E-state index contributed by atoms with van der Waals surface area (Å²) in [5.41, 5.74) is 0. The summed E-state index contributed by atoms with van der Waals surface area (Å²) in [6.07, 6.45) is 8.07. The van der Waals surface area contributed by atoms with Gasteiger partial charge in [-0.2, -0.15) is 0 Å². The van der Waals surface area contributed by atoms with Crippen molar-refractivity contribution in [2.24, 2.45) is 5.92 Å². The summed E-state index contributed by atoms with van der Waals surface area (Å²) >= 11 is 0. The number of hydrogen-bond acceptors (Lipinski definition) is 2. The van der Waals surface area contributed by atoms with Crippen LogP contribution in [0.15, 0.2) is 0 Å². The number of methoxy groups -OCH3 is 1. The molecule has 0 aliphatic heterocycles. The number of terminal acetylenes is 1. The largest absolute Gasteiger partial charge is 0.383 e. The third-order valence-corrected chi connectivity index (χ3v) is 2.76. The van der Waals surface area contributed by atoms with Gasteiger partial charge in [0.2, 0.25) is 0 Å². The molecule has 0 amide bonds. The van der Waals surface area contributed by atoms with Gasteiger partial charge in [-0.25, -0.2) is 0 Å². The van der Waals surface area contributed by atoms with Crippen LogP contribution in [0.1, 0.15) is 19.8 Å². The number of ether oxygens (including phenoxy) is 1. The van der Waals surface area contributed by atoms with Gasteiger partial charge in [-0.05, 0) is 25.7 Å². The zero-order valence-corrected chi connectivity index (χ0v) is 8.62. The van der Waals surface area contributed by atoms with Gasteiger partial charge >= 0.3 is 0 Å². The smallest absolute Gasteiger partial charge is 0.0602 e. The molecule has 0 saturated heterocycles. The molecule has 1 unspecified atom stereocenters.